The van der Waals surface area contributed by atoms with Crippen LogP contribution in [0.25, 0.3) is 11.3 Å². The molecule has 18 heavy (non-hydrogen) atoms. The topological polar surface area (TPSA) is 55.6 Å². The Hall–Kier alpha value is -1.91. The molecule has 0 atom stereocenters. The van der Waals surface area contributed by atoms with Crippen LogP contribution >= 0.6 is 0 Å². The predicted octanol–water partition coefficient (Wildman–Crippen LogP) is 2.49. The SMILES string of the molecule is CCCn1cc(-c2cc(C)nc(NCC)n2)cn1. The molecule has 5 heteroatoms. The van der Waals surface area contributed by atoms with Gasteiger partial charge in [0.2, 0.25) is 5.95 Å². The molecule has 0 aliphatic carbocycles. The van der Waals surface area contributed by atoms with Gasteiger partial charge in [0.05, 0.1) is 11.9 Å². The van der Waals surface area contributed by atoms with E-state index in [9.17, 15) is 0 Å². The van der Waals surface area contributed by atoms with E-state index in [1.807, 2.05) is 37.0 Å². The summed E-state index contributed by atoms with van der Waals surface area (Å²) in [5, 5.41) is 7.46. The minimum Gasteiger partial charge on any atom is -0.354 e. The Labute approximate surface area is 107 Å². The summed E-state index contributed by atoms with van der Waals surface area (Å²) in [4.78, 5) is 8.83. The zero-order valence-corrected chi connectivity index (χ0v) is 11.1. The molecule has 5 nitrogen and oxygen atoms in total. The van der Waals surface area contributed by atoms with Crippen LogP contribution in [0.4, 0.5) is 5.95 Å². The van der Waals surface area contributed by atoms with Crippen LogP contribution in [-0.2, 0) is 6.54 Å². The molecule has 0 aliphatic heterocycles. The zero-order chi connectivity index (χ0) is 13.0. The van der Waals surface area contributed by atoms with Gasteiger partial charge in [-0.15, -0.1) is 0 Å². The largest absolute Gasteiger partial charge is 0.354 e. The highest BCUT2D eigenvalue weighted by Gasteiger charge is 2.06. The average molecular weight is 245 g/mol. The summed E-state index contributed by atoms with van der Waals surface area (Å²) in [5.41, 5.74) is 2.91. The van der Waals surface area contributed by atoms with Crippen molar-refractivity contribution in [3.05, 3.63) is 24.2 Å². The van der Waals surface area contributed by atoms with Crippen molar-refractivity contribution < 1.29 is 0 Å². The molecule has 0 bridgehead atoms. The van der Waals surface area contributed by atoms with Crippen LogP contribution < -0.4 is 5.32 Å². The predicted molar refractivity (Wildman–Crippen MR) is 72.4 cm³/mol. The van der Waals surface area contributed by atoms with Gasteiger partial charge in [-0.3, -0.25) is 4.68 Å². The molecule has 2 heterocycles. The van der Waals surface area contributed by atoms with Crippen molar-refractivity contribution in [2.75, 3.05) is 11.9 Å². The molecule has 0 fully saturated rings. The van der Waals surface area contributed by atoms with Crippen molar-refractivity contribution in [2.24, 2.45) is 0 Å². The van der Waals surface area contributed by atoms with E-state index in [2.05, 4.69) is 27.3 Å². The van der Waals surface area contributed by atoms with Gasteiger partial charge in [0.25, 0.3) is 0 Å². The van der Waals surface area contributed by atoms with E-state index in [1.165, 1.54) is 0 Å². The van der Waals surface area contributed by atoms with Gasteiger partial charge in [-0.05, 0) is 26.3 Å². The molecular weight excluding hydrogens is 226 g/mol. The lowest BCUT2D eigenvalue weighted by Crippen LogP contribution is -2.03. The third kappa shape index (κ3) is 2.85. The summed E-state index contributed by atoms with van der Waals surface area (Å²) in [6.45, 7) is 7.90. The smallest absolute Gasteiger partial charge is 0.223 e. The third-order valence-corrected chi connectivity index (χ3v) is 2.57. The summed E-state index contributed by atoms with van der Waals surface area (Å²) < 4.78 is 1.94. The molecular formula is C13H19N5. The lowest BCUT2D eigenvalue weighted by molar-refractivity contribution is 0.603. The summed E-state index contributed by atoms with van der Waals surface area (Å²) in [6, 6.07) is 1.98. The monoisotopic (exact) mass is 245 g/mol. The van der Waals surface area contributed by atoms with E-state index in [0.29, 0.717) is 5.95 Å². The second kappa shape index (κ2) is 5.62. The lowest BCUT2D eigenvalue weighted by atomic mass is 10.2. The van der Waals surface area contributed by atoms with Crippen LogP contribution in [0.1, 0.15) is 26.0 Å². The Kier molecular flexibility index (Phi) is 3.92. The molecule has 0 aromatic carbocycles. The summed E-state index contributed by atoms with van der Waals surface area (Å²) in [5.74, 6) is 0.677. The molecule has 0 spiro atoms. The van der Waals surface area contributed by atoms with Crippen LogP contribution in [0.5, 0.6) is 0 Å². The maximum absolute atomic E-state index is 4.49. The van der Waals surface area contributed by atoms with Crippen molar-refractivity contribution in [1.82, 2.24) is 19.7 Å². The number of aromatic nitrogens is 4. The molecule has 2 rings (SSSR count). The highest BCUT2D eigenvalue weighted by Crippen LogP contribution is 2.18. The Balaban J connectivity index is 2.30. The van der Waals surface area contributed by atoms with Crippen LogP contribution in [0.2, 0.25) is 0 Å². The van der Waals surface area contributed by atoms with Crippen LogP contribution in [0.15, 0.2) is 18.5 Å². The fourth-order valence-corrected chi connectivity index (χ4v) is 1.80. The quantitative estimate of drug-likeness (QED) is 0.879. The molecule has 2 aromatic rings. The van der Waals surface area contributed by atoms with Gasteiger partial charge in [0.1, 0.15) is 0 Å². The number of hydrogen-bond donors (Lipinski definition) is 1. The molecule has 0 amide bonds. The van der Waals surface area contributed by atoms with E-state index in [0.717, 1.165) is 36.5 Å². The first-order valence-corrected chi connectivity index (χ1v) is 6.35. The van der Waals surface area contributed by atoms with E-state index in [-0.39, 0.29) is 0 Å². The minimum atomic E-state index is 0.677. The van der Waals surface area contributed by atoms with Gasteiger partial charge in [0.15, 0.2) is 0 Å². The van der Waals surface area contributed by atoms with Crippen molar-refractivity contribution >= 4 is 5.95 Å². The minimum absolute atomic E-state index is 0.677. The maximum atomic E-state index is 4.49. The molecule has 0 aliphatic rings. The first-order valence-electron chi connectivity index (χ1n) is 6.35. The summed E-state index contributed by atoms with van der Waals surface area (Å²) in [6.07, 6.45) is 4.96. The number of nitrogens with zero attached hydrogens (tertiary/aromatic N) is 4. The van der Waals surface area contributed by atoms with E-state index >= 15 is 0 Å². The molecule has 96 valence electrons. The second-order valence-corrected chi connectivity index (χ2v) is 4.24. The van der Waals surface area contributed by atoms with Gasteiger partial charge >= 0.3 is 0 Å². The number of anilines is 1. The number of nitrogens with one attached hydrogen (secondary N) is 1. The van der Waals surface area contributed by atoms with E-state index in [4.69, 9.17) is 0 Å². The van der Waals surface area contributed by atoms with Crippen molar-refractivity contribution in [1.29, 1.82) is 0 Å². The van der Waals surface area contributed by atoms with Crippen LogP contribution in [-0.4, -0.2) is 26.3 Å². The van der Waals surface area contributed by atoms with Crippen LogP contribution in [0, 0.1) is 6.92 Å². The van der Waals surface area contributed by atoms with Gasteiger partial charge in [0, 0.05) is 30.5 Å². The van der Waals surface area contributed by atoms with Crippen molar-refractivity contribution in [3.8, 4) is 11.3 Å². The highest BCUT2D eigenvalue weighted by atomic mass is 15.3. The fourth-order valence-electron chi connectivity index (χ4n) is 1.80. The molecule has 0 saturated carbocycles. The molecule has 0 saturated heterocycles. The third-order valence-electron chi connectivity index (χ3n) is 2.57. The fraction of sp³-hybridized carbons (Fsp3) is 0.462. The molecule has 1 N–H and O–H groups in total. The number of rotatable bonds is 5. The van der Waals surface area contributed by atoms with Crippen molar-refractivity contribution in [3.63, 3.8) is 0 Å². The summed E-state index contributed by atoms with van der Waals surface area (Å²) >= 11 is 0. The van der Waals surface area contributed by atoms with Crippen molar-refractivity contribution in [2.45, 2.75) is 33.7 Å². The van der Waals surface area contributed by atoms with Gasteiger partial charge < -0.3 is 5.32 Å². The lowest BCUT2D eigenvalue weighted by Gasteiger charge is -2.05. The van der Waals surface area contributed by atoms with Gasteiger partial charge in [-0.1, -0.05) is 6.92 Å². The Bertz CT molecular complexity index is 518. The average Bonchev–Trinajstić information content (AvgIpc) is 2.78. The Morgan fingerprint density at radius 3 is 2.83 bits per heavy atom. The standard InChI is InChI=1S/C13H19N5/c1-4-6-18-9-11(8-15-18)12-7-10(3)16-13(17-12)14-5-2/h7-9H,4-6H2,1-3H3,(H,14,16,17). The Morgan fingerprint density at radius 1 is 1.28 bits per heavy atom. The van der Waals surface area contributed by atoms with Crippen LogP contribution in [0.3, 0.4) is 0 Å². The molecule has 2 aromatic heterocycles. The molecule has 0 radical (unpaired) electrons. The van der Waals surface area contributed by atoms with E-state index in [1.54, 1.807) is 0 Å². The number of hydrogen-bond acceptors (Lipinski definition) is 4. The first kappa shape index (κ1) is 12.5. The highest BCUT2D eigenvalue weighted by molar-refractivity contribution is 5.58. The maximum Gasteiger partial charge on any atom is 0.223 e. The number of aryl methyl sites for hydroxylation is 2. The Morgan fingerprint density at radius 2 is 2.11 bits per heavy atom. The second-order valence-electron chi connectivity index (χ2n) is 4.24. The van der Waals surface area contributed by atoms with Gasteiger partial charge in [-0.2, -0.15) is 5.10 Å². The first-order chi connectivity index (χ1) is 8.72. The summed E-state index contributed by atoms with van der Waals surface area (Å²) in [7, 11) is 0. The molecule has 0 unspecified atom stereocenters. The van der Waals surface area contributed by atoms with Gasteiger partial charge in [-0.25, -0.2) is 9.97 Å². The zero-order valence-electron chi connectivity index (χ0n) is 11.1. The van der Waals surface area contributed by atoms with E-state index < -0.39 is 0 Å². The normalized spacial score (nSPS) is 10.6.